The summed E-state index contributed by atoms with van der Waals surface area (Å²) in [6, 6.07) is 1.67. The van der Waals surface area contributed by atoms with Crippen molar-refractivity contribution in [2.45, 2.75) is 27.3 Å². The second-order valence-electron chi connectivity index (χ2n) is 4.21. The van der Waals surface area contributed by atoms with E-state index in [1.54, 1.807) is 19.2 Å². The third kappa shape index (κ3) is 3.24. The lowest BCUT2D eigenvalue weighted by atomic mass is 9.93. The molecule has 6 nitrogen and oxygen atoms in total. The molecule has 1 rings (SSSR count). The van der Waals surface area contributed by atoms with E-state index in [2.05, 4.69) is 15.3 Å². The number of aliphatic carboxylic acids is 1. The van der Waals surface area contributed by atoms with Crippen LogP contribution in [0.15, 0.2) is 12.3 Å². The number of carbonyl (C=O) groups excluding carboxylic acids is 1. The molecule has 0 radical (unpaired) electrons. The zero-order valence-electron chi connectivity index (χ0n) is 10.0. The molecule has 0 aliphatic rings. The van der Waals surface area contributed by atoms with Gasteiger partial charge in [-0.1, -0.05) is 0 Å². The third-order valence-electron chi connectivity index (χ3n) is 2.37. The van der Waals surface area contributed by atoms with Gasteiger partial charge in [0, 0.05) is 6.20 Å². The molecular formula is C11H15N3O3. The zero-order chi connectivity index (χ0) is 13.1. The van der Waals surface area contributed by atoms with E-state index < -0.39 is 17.3 Å². The number of nitrogens with zero attached hydrogens (tertiary/aromatic N) is 2. The van der Waals surface area contributed by atoms with Crippen LogP contribution in [-0.4, -0.2) is 27.0 Å². The molecule has 0 aliphatic heterocycles. The first-order valence-electron chi connectivity index (χ1n) is 5.14. The van der Waals surface area contributed by atoms with Gasteiger partial charge in [0.1, 0.15) is 11.2 Å². The van der Waals surface area contributed by atoms with Crippen LogP contribution in [0, 0.1) is 12.3 Å². The molecule has 0 unspecified atom stereocenters. The summed E-state index contributed by atoms with van der Waals surface area (Å²) in [4.78, 5) is 30.5. The Morgan fingerprint density at radius 2 is 2.12 bits per heavy atom. The number of nitrogens with one attached hydrogen (secondary N) is 1. The van der Waals surface area contributed by atoms with Crippen molar-refractivity contribution in [3.63, 3.8) is 0 Å². The molecule has 0 aliphatic carbocycles. The Kier molecular flexibility index (Phi) is 3.77. The van der Waals surface area contributed by atoms with Crippen LogP contribution in [0.25, 0.3) is 0 Å². The Morgan fingerprint density at radius 1 is 1.47 bits per heavy atom. The van der Waals surface area contributed by atoms with Crippen LogP contribution in [0.3, 0.4) is 0 Å². The lowest BCUT2D eigenvalue weighted by molar-refractivity contribution is -0.153. The van der Waals surface area contributed by atoms with Gasteiger partial charge in [-0.15, -0.1) is 0 Å². The van der Waals surface area contributed by atoms with E-state index >= 15 is 0 Å². The SMILES string of the molecule is Cc1nccc(CNC(=O)C(C)(C)C(=O)O)n1. The van der Waals surface area contributed by atoms with E-state index in [0.29, 0.717) is 11.5 Å². The van der Waals surface area contributed by atoms with Gasteiger partial charge >= 0.3 is 5.97 Å². The quantitative estimate of drug-likeness (QED) is 0.744. The van der Waals surface area contributed by atoms with Crippen molar-refractivity contribution < 1.29 is 14.7 Å². The lowest BCUT2D eigenvalue weighted by Gasteiger charge is -2.18. The van der Waals surface area contributed by atoms with E-state index in [9.17, 15) is 9.59 Å². The Balaban J connectivity index is 2.63. The first kappa shape index (κ1) is 13.1. The minimum atomic E-state index is -1.44. The van der Waals surface area contributed by atoms with Crippen LogP contribution in [0.4, 0.5) is 0 Å². The molecule has 0 spiro atoms. The number of carbonyl (C=O) groups is 2. The summed E-state index contributed by atoms with van der Waals surface area (Å²) in [5.41, 5.74) is -0.797. The maximum Gasteiger partial charge on any atom is 0.318 e. The predicted octanol–water partition coefficient (Wildman–Crippen LogP) is 0.512. The summed E-state index contributed by atoms with van der Waals surface area (Å²) in [5.74, 6) is -1.09. The summed E-state index contributed by atoms with van der Waals surface area (Å²) in [6.45, 7) is 4.65. The van der Waals surface area contributed by atoms with Crippen LogP contribution in [0.1, 0.15) is 25.4 Å². The molecule has 1 aromatic heterocycles. The fraction of sp³-hybridized carbons (Fsp3) is 0.455. The summed E-state index contributed by atoms with van der Waals surface area (Å²) >= 11 is 0. The van der Waals surface area contributed by atoms with Gasteiger partial charge in [0.2, 0.25) is 5.91 Å². The maximum absolute atomic E-state index is 11.6. The molecular weight excluding hydrogens is 222 g/mol. The van der Waals surface area contributed by atoms with Crippen LogP contribution in [0.2, 0.25) is 0 Å². The first-order valence-corrected chi connectivity index (χ1v) is 5.14. The van der Waals surface area contributed by atoms with Crippen molar-refractivity contribution in [3.8, 4) is 0 Å². The van der Waals surface area contributed by atoms with Gasteiger partial charge in [-0.25, -0.2) is 9.97 Å². The van der Waals surface area contributed by atoms with Gasteiger partial charge in [-0.05, 0) is 26.8 Å². The molecule has 1 aromatic rings. The second-order valence-corrected chi connectivity index (χ2v) is 4.21. The van der Waals surface area contributed by atoms with Crippen molar-refractivity contribution in [2.75, 3.05) is 0 Å². The van der Waals surface area contributed by atoms with Crippen molar-refractivity contribution in [2.24, 2.45) is 5.41 Å². The monoisotopic (exact) mass is 237 g/mol. The van der Waals surface area contributed by atoms with Gasteiger partial charge in [0.25, 0.3) is 0 Å². The Morgan fingerprint density at radius 3 is 2.65 bits per heavy atom. The Hall–Kier alpha value is -1.98. The van der Waals surface area contributed by atoms with Gasteiger partial charge < -0.3 is 10.4 Å². The molecule has 0 saturated heterocycles. The minimum Gasteiger partial charge on any atom is -0.480 e. The number of aryl methyl sites for hydroxylation is 1. The lowest BCUT2D eigenvalue weighted by Crippen LogP contribution is -2.42. The Bertz CT molecular complexity index is 443. The summed E-state index contributed by atoms with van der Waals surface area (Å²) in [7, 11) is 0. The van der Waals surface area contributed by atoms with E-state index in [1.165, 1.54) is 13.8 Å². The summed E-state index contributed by atoms with van der Waals surface area (Å²) in [6.07, 6.45) is 1.59. The van der Waals surface area contributed by atoms with E-state index in [1.807, 2.05) is 0 Å². The summed E-state index contributed by atoms with van der Waals surface area (Å²) < 4.78 is 0. The highest BCUT2D eigenvalue weighted by atomic mass is 16.4. The number of rotatable bonds is 4. The van der Waals surface area contributed by atoms with Crippen LogP contribution < -0.4 is 5.32 Å². The van der Waals surface area contributed by atoms with Gasteiger partial charge in [0.05, 0.1) is 12.2 Å². The molecule has 0 fully saturated rings. The fourth-order valence-electron chi connectivity index (χ4n) is 1.09. The molecule has 17 heavy (non-hydrogen) atoms. The van der Waals surface area contributed by atoms with Gasteiger partial charge in [-0.3, -0.25) is 9.59 Å². The van der Waals surface area contributed by atoms with Gasteiger partial charge in [0.15, 0.2) is 0 Å². The highest BCUT2D eigenvalue weighted by molar-refractivity contribution is 6.00. The molecule has 6 heteroatoms. The van der Waals surface area contributed by atoms with Crippen molar-refractivity contribution in [1.29, 1.82) is 0 Å². The van der Waals surface area contributed by atoms with Crippen molar-refractivity contribution >= 4 is 11.9 Å². The number of hydrogen-bond acceptors (Lipinski definition) is 4. The summed E-state index contributed by atoms with van der Waals surface area (Å²) in [5, 5.41) is 11.4. The largest absolute Gasteiger partial charge is 0.480 e. The number of aromatic nitrogens is 2. The third-order valence-corrected chi connectivity index (χ3v) is 2.37. The number of carboxylic acid groups (broad SMARTS) is 1. The maximum atomic E-state index is 11.6. The standard InChI is InChI=1S/C11H15N3O3/c1-7-12-5-4-8(14-7)6-13-9(15)11(2,3)10(16)17/h4-5H,6H2,1-3H3,(H,13,15)(H,16,17). The molecule has 2 N–H and O–H groups in total. The number of carboxylic acids is 1. The number of amides is 1. The molecule has 1 heterocycles. The van der Waals surface area contributed by atoms with E-state index in [-0.39, 0.29) is 6.54 Å². The average molecular weight is 237 g/mol. The topological polar surface area (TPSA) is 92.2 Å². The van der Waals surface area contributed by atoms with Crippen LogP contribution in [-0.2, 0) is 16.1 Å². The Labute approximate surface area is 99.1 Å². The second kappa shape index (κ2) is 4.90. The average Bonchev–Trinajstić information content (AvgIpc) is 2.25. The molecule has 1 amide bonds. The smallest absolute Gasteiger partial charge is 0.318 e. The fourth-order valence-corrected chi connectivity index (χ4v) is 1.09. The molecule has 0 aromatic carbocycles. The normalized spacial score (nSPS) is 11.0. The minimum absolute atomic E-state index is 0.193. The molecule has 92 valence electrons. The van der Waals surface area contributed by atoms with Crippen molar-refractivity contribution in [3.05, 3.63) is 23.8 Å². The highest BCUT2D eigenvalue weighted by Gasteiger charge is 2.35. The predicted molar refractivity (Wildman–Crippen MR) is 60.0 cm³/mol. The van der Waals surface area contributed by atoms with E-state index in [0.717, 1.165) is 0 Å². The first-order chi connectivity index (χ1) is 7.84. The zero-order valence-corrected chi connectivity index (χ0v) is 10.0. The molecule has 0 atom stereocenters. The number of hydrogen-bond donors (Lipinski definition) is 2. The van der Waals surface area contributed by atoms with Gasteiger partial charge in [-0.2, -0.15) is 0 Å². The van der Waals surface area contributed by atoms with Crippen LogP contribution >= 0.6 is 0 Å². The molecule has 0 saturated carbocycles. The highest BCUT2D eigenvalue weighted by Crippen LogP contribution is 2.15. The van der Waals surface area contributed by atoms with E-state index in [4.69, 9.17) is 5.11 Å². The van der Waals surface area contributed by atoms with Crippen LogP contribution in [0.5, 0.6) is 0 Å². The molecule has 0 bridgehead atoms. The van der Waals surface area contributed by atoms with Crippen molar-refractivity contribution in [1.82, 2.24) is 15.3 Å².